The van der Waals surface area contributed by atoms with Crippen LogP contribution in [0.4, 0.5) is 5.69 Å². The maximum absolute atomic E-state index is 14.6. The zero-order chi connectivity index (χ0) is 34.4. The van der Waals surface area contributed by atoms with E-state index in [-0.39, 0.29) is 29.7 Å². The smallest absolute Gasteiger partial charge is 0.264 e. The second kappa shape index (κ2) is 15.3. The van der Waals surface area contributed by atoms with E-state index in [0.717, 1.165) is 31.0 Å². The molecular weight excluding hydrogens is 674 g/mol. The molecule has 0 radical (unpaired) electrons. The van der Waals surface area contributed by atoms with E-state index in [4.69, 9.17) is 0 Å². The van der Waals surface area contributed by atoms with Crippen LogP contribution < -0.4 is 9.62 Å². The van der Waals surface area contributed by atoms with Gasteiger partial charge in [-0.25, -0.2) is 8.42 Å². The van der Waals surface area contributed by atoms with Crippen molar-refractivity contribution < 1.29 is 18.0 Å². The van der Waals surface area contributed by atoms with Gasteiger partial charge in [0.1, 0.15) is 12.6 Å². The van der Waals surface area contributed by atoms with Gasteiger partial charge in [0.05, 0.1) is 10.6 Å². The van der Waals surface area contributed by atoms with Crippen LogP contribution in [-0.2, 0) is 32.6 Å². The molecule has 0 bridgehead atoms. The molecule has 0 spiro atoms. The second-order valence-electron chi connectivity index (χ2n) is 13.2. The number of nitrogens with zero attached hydrogens (tertiary/aromatic N) is 2. The standard InChI is InChI=1S/C38H44BrN3O4S/c1-27(2)31-16-20-33(21-17-31)42(47(45,46)34-22-12-28(3)13-23-34)26-36(43)41(25-30-14-18-32(39)19-15-30)35(37(44)40-38(4,5)6)24-29-10-8-7-9-11-29/h7-23,27,35H,24-26H2,1-6H3,(H,40,44). The number of benzene rings is 4. The lowest BCUT2D eigenvalue weighted by Crippen LogP contribution is -2.56. The van der Waals surface area contributed by atoms with Crippen LogP contribution in [0.15, 0.2) is 112 Å². The topological polar surface area (TPSA) is 86.8 Å². The van der Waals surface area contributed by atoms with Crippen LogP contribution in [0.1, 0.15) is 62.8 Å². The molecule has 1 atom stereocenters. The molecular formula is C38H44BrN3O4S. The summed E-state index contributed by atoms with van der Waals surface area (Å²) in [6, 6.07) is 30.0. The summed E-state index contributed by atoms with van der Waals surface area (Å²) in [5.74, 6) is -0.572. The summed E-state index contributed by atoms with van der Waals surface area (Å²) in [4.78, 5) is 30.2. The molecule has 7 nitrogen and oxygen atoms in total. The van der Waals surface area contributed by atoms with E-state index in [9.17, 15) is 18.0 Å². The van der Waals surface area contributed by atoms with Crippen LogP contribution in [0.25, 0.3) is 0 Å². The van der Waals surface area contributed by atoms with Crippen LogP contribution in [0.2, 0.25) is 0 Å². The number of anilines is 1. The van der Waals surface area contributed by atoms with Gasteiger partial charge >= 0.3 is 0 Å². The summed E-state index contributed by atoms with van der Waals surface area (Å²) in [5, 5.41) is 3.06. The van der Waals surface area contributed by atoms with Crippen LogP contribution in [0.3, 0.4) is 0 Å². The minimum absolute atomic E-state index is 0.0783. The second-order valence-corrected chi connectivity index (χ2v) is 15.9. The van der Waals surface area contributed by atoms with Gasteiger partial charge in [0.25, 0.3) is 10.0 Å². The van der Waals surface area contributed by atoms with Gasteiger partial charge in [0.2, 0.25) is 11.8 Å². The fraction of sp³-hybridized carbons (Fsp3) is 0.316. The van der Waals surface area contributed by atoms with Crippen molar-refractivity contribution in [3.63, 3.8) is 0 Å². The van der Waals surface area contributed by atoms with Crippen molar-refractivity contribution in [2.45, 2.75) is 76.9 Å². The van der Waals surface area contributed by atoms with E-state index in [2.05, 4.69) is 35.1 Å². The van der Waals surface area contributed by atoms with Gasteiger partial charge in [-0.3, -0.25) is 13.9 Å². The molecule has 2 amide bonds. The number of hydrogen-bond donors (Lipinski definition) is 1. The highest BCUT2D eigenvalue weighted by atomic mass is 79.9. The van der Waals surface area contributed by atoms with Gasteiger partial charge in [-0.2, -0.15) is 0 Å². The van der Waals surface area contributed by atoms with E-state index in [1.165, 1.54) is 4.90 Å². The Kier molecular flexibility index (Phi) is 11.7. The number of amides is 2. The van der Waals surface area contributed by atoms with E-state index in [1.54, 1.807) is 36.4 Å². The molecule has 0 aromatic heterocycles. The maximum atomic E-state index is 14.6. The largest absolute Gasteiger partial charge is 0.350 e. The lowest BCUT2D eigenvalue weighted by Gasteiger charge is -2.35. The Labute approximate surface area is 288 Å². The first-order chi connectivity index (χ1) is 22.1. The summed E-state index contributed by atoms with van der Waals surface area (Å²) < 4.78 is 30.6. The van der Waals surface area contributed by atoms with Crippen molar-refractivity contribution in [1.82, 2.24) is 10.2 Å². The van der Waals surface area contributed by atoms with Gasteiger partial charge in [-0.15, -0.1) is 0 Å². The zero-order valence-corrected chi connectivity index (χ0v) is 30.3. The van der Waals surface area contributed by atoms with Crippen molar-refractivity contribution in [2.75, 3.05) is 10.8 Å². The van der Waals surface area contributed by atoms with Crippen molar-refractivity contribution in [1.29, 1.82) is 0 Å². The molecule has 0 saturated carbocycles. The number of aryl methyl sites for hydroxylation is 1. The summed E-state index contributed by atoms with van der Waals surface area (Å²) in [5.41, 5.74) is 3.46. The maximum Gasteiger partial charge on any atom is 0.264 e. The molecule has 0 heterocycles. The number of hydrogen-bond acceptors (Lipinski definition) is 4. The SMILES string of the molecule is Cc1ccc(S(=O)(=O)N(CC(=O)N(Cc2ccc(Br)cc2)C(Cc2ccccc2)C(=O)NC(C)(C)C)c2ccc(C(C)C)cc2)cc1. The minimum Gasteiger partial charge on any atom is -0.350 e. The normalized spacial score (nSPS) is 12.4. The Morgan fingerprint density at radius 3 is 1.96 bits per heavy atom. The molecule has 1 N–H and O–H groups in total. The third-order valence-corrected chi connectivity index (χ3v) is 10.1. The monoisotopic (exact) mass is 717 g/mol. The number of nitrogens with one attached hydrogen (secondary N) is 1. The number of sulfonamides is 1. The van der Waals surface area contributed by atoms with Gasteiger partial charge in [-0.05, 0) is 86.7 Å². The van der Waals surface area contributed by atoms with Gasteiger partial charge in [-0.1, -0.05) is 102 Å². The summed E-state index contributed by atoms with van der Waals surface area (Å²) in [7, 11) is -4.17. The first-order valence-electron chi connectivity index (χ1n) is 15.7. The zero-order valence-electron chi connectivity index (χ0n) is 27.9. The molecule has 0 aliphatic rings. The number of halogens is 1. The fourth-order valence-corrected chi connectivity index (χ4v) is 6.86. The predicted octanol–water partition coefficient (Wildman–Crippen LogP) is 7.63. The molecule has 47 heavy (non-hydrogen) atoms. The summed E-state index contributed by atoms with van der Waals surface area (Å²) in [6.07, 6.45) is 0.249. The fourth-order valence-electron chi connectivity index (χ4n) is 5.19. The molecule has 4 aromatic carbocycles. The van der Waals surface area contributed by atoms with Gasteiger partial charge in [0.15, 0.2) is 0 Å². The molecule has 9 heteroatoms. The van der Waals surface area contributed by atoms with E-state index >= 15 is 0 Å². The summed E-state index contributed by atoms with van der Waals surface area (Å²) in [6.45, 7) is 11.3. The highest BCUT2D eigenvalue weighted by molar-refractivity contribution is 9.10. The van der Waals surface area contributed by atoms with Crippen LogP contribution in [0.5, 0.6) is 0 Å². The highest BCUT2D eigenvalue weighted by Gasteiger charge is 2.35. The van der Waals surface area contributed by atoms with E-state index < -0.39 is 34.1 Å². The van der Waals surface area contributed by atoms with Crippen LogP contribution >= 0.6 is 15.9 Å². The van der Waals surface area contributed by atoms with E-state index in [1.807, 2.05) is 94.4 Å². The molecule has 0 aliphatic carbocycles. The quantitative estimate of drug-likeness (QED) is 0.163. The third kappa shape index (κ3) is 9.78. The Hall–Kier alpha value is -3.95. The summed E-state index contributed by atoms with van der Waals surface area (Å²) >= 11 is 3.47. The molecule has 0 fully saturated rings. The number of rotatable bonds is 12. The average molecular weight is 719 g/mol. The minimum atomic E-state index is -4.17. The Bertz CT molecular complexity index is 1750. The molecule has 0 saturated heterocycles. The molecule has 1 unspecified atom stereocenters. The van der Waals surface area contributed by atoms with Gasteiger partial charge in [0, 0.05) is 23.0 Å². The Morgan fingerprint density at radius 1 is 0.809 bits per heavy atom. The molecule has 4 aromatic rings. The number of carbonyl (C=O) groups excluding carboxylic acids is 2. The van der Waals surface area contributed by atoms with Crippen LogP contribution in [0, 0.1) is 6.92 Å². The third-order valence-electron chi connectivity index (χ3n) is 7.77. The van der Waals surface area contributed by atoms with Crippen molar-refractivity contribution in [2.24, 2.45) is 0 Å². The highest BCUT2D eigenvalue weighted by Crippen LogP contribution is 2.27. The lowest BCUT2D eigenvalue weighted by molar-refractivity contribution is -0.140. The average Bonchev–Trinajstić information content (AvgIpc) is 3.02. The Balaban J connectivity index is 1.82. The van der Waals surface area contributed by atoms with E-state index in [0.29, 0.717) is 5.69 Å². The lowest BCUT2D eigenvalue weighted by atomic mass is 10.0. The first kappa shape index (κ1) is 35.9. The van der Waals surface area contributed by atoms with Gasteiger partial charge < -0.3 is 10.2 Å². The predicted molar refractivity (Wildman–Crippen MR) is 193 cm³/mol. The van der Waals surface area contributed by atoms with Crippen LogP contribution in [-0.4, -0.2) is 43.3 Å². The Morgan fingerprint density at radius 2 is 1.40 bits per heavy atom. The number of carbonyl (C=O) groups is 2. The molecule has 248 valence electrons. The van der Waals surface area contributed by atoms with Crippen molar-refractivity contribution >= 4 is 43.5 Å². The molecule has 0 aliphatic heterocycles. The van der Waals surface area contributed by atoms with Crippen molar-refractivity contribution in [3.8, 4) is 0 Å². The first-order valence-corrected chi connectivity index (χ1v) is 18.0. The van der Waals surface area contributed by atoms with Crippen molar-refractivity contribution in [3.05, 3.63) is 130 Å². The molecule has 4 rings (SSSR count).